The van der Waals surface area contributed by atoms with Crippen molar-refractivity contribution in [3.8, 4) is 5.75 Å². The molecule has 0 atom stereocenters. The normalized spacial score (nSPS) is 15.0. The summed E-state index contributed by atoms with van der Waals surface area (Å²) in [5, 5.41) is 1.22. The first-order chi connectivity index (χ1) is 12.8. The van der Waals surface area contributed by atoms with E-state index in [4.69, 9.17) is 9.72 Å². The number of fused-ring (bicyclic) bond motifs is 1. The Balaban J connectivity index is 1.61. The lowest BCUT2D eigenvalue weighted by Crippen LogP contribution is -2.24. The Morgan fingerprint density at radius 3 is 2.50 bits per heavy atom. The van der Waals surface area contributed by atoms with Crippen molar-refractivity contribution >= 4 is 16.6 Å². The van der Waals surface area contributed by atoms with Crippen LogP contribution in [0.25, 0.3) is 10.9 Å². The first-order valence-corrected chi connectivity index (χ1v) is 9.48. The fourth-order valence-electron chi connectivity index (χ4n) is 3.63. The second kappa shape index (κ2) is 7.73. The Labute approximate surface area is 154 Å². The standard InChI is InChI=1S/C22H25N3O/c1-17-14-22(25-12-4-2-3-5-13-25)20-7-6-19(15-21(20)24-17)26-16-18-8-10-23-11-9-18/h6-11,14-15H,2-5,12-13,16H2,1H3. The van der Waals surface area contributed by atoms with Gasteiger partial charge in [0.2, 0.25) is 0 Å². The van der Waals surface area contributed by atoms with Gasteiger partial charge < -0.3 is 9.64 Å². The number of aromatic nitrogens is 2. The maximum Gasteiger partial charge on any atom is 0.122 e. The number of pyridine rings is 2. The number of anilines is 1. The molecule has 4 heteroatoms. The van der Waals surface area contributed by atoms with Gasteiger partial charge in [-0.2, -0.15) is 0 Å². The second-order valence-corrected chi connectivity index (χ2v) is 7.01. The van der Waals surface area contributed by atoms with Gasteiger partial charge in [0.15, 0.2) is 0 Å². The van der Waals surface area contributed by atoms with E-state index in [1.807, 2.05) is 12.1 Å². The molecular weight excluding hydrogens is 322 g/mol. The fraction of sp³-hybridized carbons (Fsp3) is 0.364. The van der Waals surface area contributed by atoms with Crippen molar-refractivity contribution in [1.29, 1.82) is 0 Å². The quantitative estimate of drug-likeness (QED) is 0.673. The summed E-state index contributed by atoms with van der Waals surface area (Å²) in [6.45, 7) is 4.89. The molecule has 0 aliphatic carbocycles. The van der Waals surface area contributed by atoms with Crippen molar-refractivity contribution in [2.24, 2.45) is 0 Å². The first-order valence-electron chi connectivity index (χ1n) is 9.48. The number of rotatable bonds is 4. The van der Waals surface area contributed by atoms with Crippen molar-refractivity contribution < 1.29 is 4.74 Å². The Morgan fingerprint density at radius 2 is 1.73 bits per heavy atom. The molecule has 4 rings (SSSR count). The van der Waals surface area contributed by atoms with Crippen LogP contribution in [0.3, 0.4) is 0 Å². The third kappa shape index (κ3) is 3.79. The van der Waals surface area contributed by atoms with E-state index in [1.54, 1.807) is 12.4 Å². The Kier molecular flexibility index (Phi) is 5.00. The summed E-state index contributed by atoms with van der Waals surface area (Å²) < 4.78 is 5.96. The average Bonchev–Trinajstić information content (AvgIpc) is 2.95. The summed E-state index contributed by atoms with van der Waals surface area (Å²) in [5.74, 6) is 0.856. The van der Waals surface area contributed by atoms with Crippen LogP contribution in [0.2, 0.25) is 0 Å². The number of nitrogens with zero attached hydrogens (tertiary/aromatic N) is 3. The largest absolute Gasteiger partial charge is 0.489 e. The van der Waals surface area contributed by atoms with Crippen molar-refractivity contribution in [1.82, 2.24) is 9.97 Å². The summed E-state index contributed by atoms with van der Waals surface area (Å²) in [7, 11) is 0. The van der Waals surface area contributed by atoms with E-state index in [0.29, 0.717) is 6.61 Å². The van der Waals surface area contributed by atoms with Crippen LogP contribution in [-0.4, -0.2) is 23.1 Å². The van der Waals surface area contributed by atoms with Gasteiger partial charge in [0.1, 0.15) is 12.4 Å². The number of ether oxygens (including phenoxy) is 1. The van der Waals surface area contributed by atoms with Crippen LogP contribution in [0, 0.1) is 6.92 Å². The third-order valence-electron chi connectivity index (χ3n) is 4.99. The molecule has 26 heavy (non-hydrogen) atoms. The van der Waals surface area contributed by atoms with Crippen LogP contribution in [-0.2, 0) is 6.61 Å². The molecular formula is C22H25N3O. The molecule has 3 heterocycles. The minimum absolute atomic E-state index is 0.541. The molecule has 0 N–H and O–H groups in total. The predicted molar refractivity (Wildman–Crippen MR) is 106 cm³/mol. The molecule has 1 aliphatic rings. The highest BCUT2D eigenvalue weighted by atomic mass is 16.5. The first kappa shape index (κ1) is 16.8. The molecule has 1 fully saturated rings. The minimum atomic E-state index is 0.541. The maximum absolute atomic E-state index is 5.96. The van der Waals surface area contributed by atoms with Crippen molar-refractivity contribution in [3.63, 3.8) is 0 Å². The molecule has 1 saturated heterocycles. The summed E-state index contributed by atoms with van der Waals surface area (Å²) in [4.78, 5) is 11.3. The van der Waals surface area contributed by atoms with Crippen LogP contribution < -0.4 is 9.64 Å². The van der Waals surface area contributed by atoms with Gasteiger partial charge in [0.05, 0.1) is 5.52 Å². The van der Waals surface area contributed by atoms with E-state index in [0.717, 1.165) is 35.6 Å². The maximum atomic E-state index is 5.96. The SMILES string of the molecule is Cc1cc(N2CCCCCC2)c2ccc(OCc3ccncc3)cc2n1. The zero-order valence-corrected chi connectivity index (χ0v) is 15.3. The zero-order valence-electron chi connectivity index (χ0n) is 15.3. The van der Waals surface area contributed by atoms with E-state index in [-0.39, 0.29) is 0 Å². The van der Waals surface area contributed by atoms with Crippen LogP contribution in [0.5, 0.6) is 5.75 Å². The minimum Gasteiger partial charge on any atom is -0.489 e. The molecule has 0 amide bonds. The van der Waals surface area contributed by atoms with Gasteiger partial charge in [-0.3, -0.25) is 9.97 Å². The van der Waals surface area contributed by atoms with E-state index < -0.39 is 0 Å². The van der Waals surface area contributed by atoms with Crippen molar-refractivity contribution in [2.45, 2.75) is 39.2 Å². The second-order valence-electron chi connectivity index (χ2n) is 7.01. The van der Waals surface area contributed by atoms with Crippen LogP contribution in [0.4, 0.5) is 5.69 Å². The lowest BCUT2D eigenvalue weighted by atomic mass is 10.1. The molecule has 3 aromatic rings. The molecule has 0 unspecified atom stereocenters. The summed E-state index contributed by atoms with van der Waals surface area (Å²) in [6, 6.07) is 12.4. The van der Waals surface area contributed by atoms with E-state index in [9.17, 15) is 0 Å². The van der Waals surface area contributed by atoms with Gasteiger partial charge in [-0.25, -0.2) is 0 Å². The van der Waals surface area contributed by atoms with E-state index in [2.05, 4.69) is 41.1 Å². The molecule has 1 aliphatic heterocycles. The number of hydrogen-bond acceptors (Lipinski definition) is 4. The van der Waals surface area contributed by atoms with Gasteiger partial charge in [0, 0.05) is 48.3 Å². The topological polar surface area (TPSA) is 38.2 Å². The lowest BCUT2D eigenvalue weighted by Gasteiger charge is -2.24. The van der Waals surface area contributed by atoms with Crippen LogP contribution >= 0.6 is 0 Å². The van der Waals surface area contributed by atoms with Gasteiger partial charge in [-0.15, -0.1) is 0 Å². The average molecular weight is 347 g/mol. The molecule has 0 radical (unpaired) electrons. The molecule has 0 saturated carbocycles. The van der Waals surface area contributed by atoms with Gasteiger partial charge >= 0.3 is 0 Å². The summed E-state index contributed by atoms with van der Waals surface area (Å²) >= 11 is 0. The van der Waals surface area contributed by atoms with E-state index in [1.165, 1.54) is 36.8 Å². The predicted octanol–water partition coefficient (Wildman–Crippen LogP) is 4.90. The van der Waals surface area contributed by atoms with Crippen LogP contribution in [0.15, 0.2) is 48.8 Å². The third-order valence-corrected chi connectivity index (χ3v) is 4.99. The monoisotopic (exact) mass is 347 g/mol. The molecule has 1 aromatic carbocycles. The van der Waals surface area contributed by atoms with Crippen LogP contribution in [0.1, 0.15) is 36.9 Å². The highest BCUT2D eigenvalue weighted by Gasteiger charge is 2.14. The number of benzene rings is 1. The Morgan fingerprint density at radius 1 is 0.962 bits per heavy atom. The Hall–Kier alpha value is -2.62. The highest BCUT2D eigenvalue weighted by molar-refractivity contribution is 5.92. The number of hydrogen-bond donors (Lipinski definition) is 0. The fourth-order valence-corrected chi connectivity index (χ4v) is 3.63. The Bertz CT molecular complexity index is 871. The molecule has 2 aromatic heterocycles. The summed E-state index contributed by atoms with van der Waals surface area (Å²) in [5.41, 5.74) is 4.50. The smallest absolute Gasteiger partial charge is 0.122 e. The zero-order chi connectivity index (χ0) is 17.8. The lowest BCUT2D eigenvalue weighted by molar-refractivity contribution is 0.306. The van der Waals surface area contributed by atoms with Gasteiger partial charge in [-0.05, 0) is 55.7 Å². The number of aryl methyl sites for hydroxylation is 1. The van der Waals surface area contributed by atoms with E-state index >= 15 is 0 Å². The van der Waals surface area contributed by atoms with Gasteiger partial charge in [-0.1, -0.05) is 12.8 Å². The molecule has 0 spiro atoms. The molecule has 0 bridgehead atoms. The molecule has 134 valence electrons. The summed E-state index contributed by atoms with van der Waals surface area (Å²) in [6.07, 6.45) is 8.80. The van der Waals surface area contributed by atoms with Crippen molar-refractivity contribution in [3.05, 3.63) is 60.0 Å². The molecule has 4 nitrogen and oxygen atoms in total. The van der Waals surface area contributed by atoms with Crippen molar-refractivity contribution in [2.75, 3.05) is 18.0 Å². The van der Waals surface area contributed by atoms with Gasteiger partial charge in [0.25, 0.3) is 0 Å². The highest BCUT2D eigenvalue weighted by Crippen LogP contribution is 2.31.